The van der Waals surface area contributed by atoms with Gasteiger partial charge in [0, 0.05) is 45.1 Å². The van der Waals surface area contributed by atoms with Crippen molar-refractivity contribution in [3.63, 3.8) is 0 Å². The maximum atomic E-state index is 13.4. The Morgan fingerprint density at radius 1 is 1.24 bits per heavy atom. The summed E-state index contributed by atoms with van der Waals surface area (Å²) in [5.41, 5.74) is 1.32. The van der Waals surface area contributed by atoms with Crippen molar-refractivity contribution in [3.05, 3.63) is 42.5 Å². The van der Waals surface area contributed by atoms with Gasteiger partial charge in [-0.3, -0.25) is 9.59 Å². The van der Waals surface area contributed by atoms with Gasteiger partial charge in [-0.1, -0.05) is 12.1 Å². The maximum absolute atomic E-state index is 13.4. The highest BCUT2D eigenvalue weighted by Crippen LogP contribution is 2.39. The summed E-state index contributed by atoms with van der Waals surface area (Å²) in [6.07, 6.45) is 6.43. The number of hydrogen-bond donors (Lipinski definition) is 0. The molecule has 4 rings (SSSR count). The van der Waals surface area contributed by atoms with Crippen LogP contribution in [0.2, 0.25) is 0 Å². The minimum absolute atomic E-state index is 0.00974. The van der Waals surface area contributed by atoms with Crippen molar-refractivity contribution in [2.24, 2.45) is 5.41 Å². The Labute approximate surface area is 170 Å². The second kappa shape index (κ2) is 8.32. The Morgan fingerprint density at radius 2 is 2.10 bits per heavy atom. The molecule has 0 unspecified atom stereocenters. The fourth-order valence-electron chi connectivity index (χ4n) is 4.58. The van der Waals surface area contributed by atoms with E-state index in [1.54, 1.807) is 18.1 Å². The average Bonchev–Trinajstić information content (AvgIpc) is 3.29. The lowest BCUT2D eigenvalue weighted by molar-refractivity contribution is -0.139. The number of amides is 2. The molecule has 2 aliphatic heterocycles. The molecule has 2 fully saturated rings. The van der Waals surface area contributed by atoms with E-state index >= 15 is 0 Å². The number of aromatic nitrogens is 3. The van der Waals surface area contributed by atoms with Gasteiger partial charge in [0.25, 0.3) is 5.91 Å². The molecule has 8 nitrogen and oxygen atoms in total. The van der Waals surface area contributed by atoms with Gasteiger partial charge in [0.1, 0.15) is 12.7 Å². The first kappa shape index (κ1) is 19.6. The zero-order valence-corrected chi connectivity index (χ0v) is 16.8. The van der Waals surface area contributed by atoms with Crippen molar-refractivity contribution in [2.75, 3.05) is 39.9 Å². The predicted molar refractivity (Wildman–Crippen MR) is 107 cm³/mol. The summed E-state index contributed by atoms with van der Waals surface area (Å²) in [4.78, 5) is 33.6. The highest BCUT2D eigenvalue weighted by Gasteiger charge is 2.42. The van der Waals surface area contributed by atoms with Crippen LogP contribution in [0.15, 0.2) is 36.9 Å². The van der Waals surface area contributed by atoms with Gasteiger partial charge in [0.15, 0.2) is 0 Å². The Bertz CT molecular complexity index is 869. The lowest BCUT2D eigenvalue weighted by Crippen LogP contribution is -2.55. The average molecular weight is 397 g/mol. The highest BCUT2D eigenvalue weighted by molar-refractivity contribution is 5.97. The number of carbonyl (C=O) groups excluding carboxylic acids is 2. The molecule has 1 atom stereocenters. The zero-order chi connectivity index (χ0) is 20.3. The van der Waals surface area contributed by atoms with Crippen LogP contribution >= 0.6 is 0 Å². The molecule has 154 valence electrons. The summed E-state index contributed by atoms with van der Waals surface area (Å²) in [5, 5.41) is 4.18. The lowest BCUT2D eigenvalue weighted by atomic mass is 9.73. The van der Waals surface area contributed by atoms with Crippen molar-refractivity contribution < 1.29 is 14.3 Å². The Kier molecular flexibility index (Phi) is 5.62. The molecule has 0 saturated carbocycles. The number of rotatable bonds is 5. The fraction of sp³-hybridized carbons (Fsp3) is 0.524. The zero-order valence-electron chi connectivity index (χ0n) is 16.8. The van der Waals surface area contributed by atoms with Gasteiger partial charge in [0.05, 0.1) is 17.9 Å². The van der Waals surface area contributed by atoms with Gasteiger partial charge in [-0.25, -0.2) is 9.67 Å². The Hall–Kier alpha value is -2.74. The highest BCUT2D eigenvalue weighted by atomic mass is 16.5. The number of carbonyl (C=O) groups is 2. The standard InChI is InChI=1S/C21H27N5O3/c1-29-12-11-24-13-21(9-7-19(24)27)8-4-10-25(14-21)20(28)17-5-2-3-6-18(17)26-16-22-15-23-26/h2-3,5-6,15-16H,4,7-14H2,1H3/t21-/m0/s1. The normalized spacial score (nSPS) is 22.3. The maximum Gasteiger partial charge on any atom is 0.256 e. The first-order valence-corrected chi connectivity index (χ1v) is 10.1. The predicted octanol–water partition coefficient (Wildman–Crippen LogP) is 1.76. The molecule has 0 N–H and O–H groups in total. The van der Waals surface area contributed by atoms with Crippen LogP contribution in [0.5, 0.6) is 0 Å². The Balaban J connectivity index is 1.53. The molecule has 1 spiro atoms. The van der Waals surface area contributed by atoms with Gasteiger partial charge in [-0.05, 0) is 31.4 Å². The van der Waals surface area contributed by atoms with Crippen LogP contribution in [0.4, 0.5) is 0 Å². The molecule has 3 heterocycles. The summed E-state index contributed by atoms with van der Waals surface area (Å²) < 4.78 is 6.79. The van der Waals surface area contributed by atoms with Crippen LogP contribution in [-0.4, -0.2) is 76.3 Å². The molecule has 0 bridgehead atoms. The molecule has 1 aromatic heterocycles. The van der Waals surface area contributed by atoms with Crippen LogP contribution in [-0.2, 0) is 9.53 Å². The van der Waals surface area contributed by atoms with Crippen molar-refractivity contribution in [1.29, 1.82) is 0 Å². The SMILES string of the molecule is COCCN1C[C@]2(CCCN(C(=O)c3ccccc3-n3cncn3)C2)CCC1=O. The second-order valence-corrected chi connectivity index (χ2v) is 8.00. The molecule has 2 amide bonds. The molecule has 2 aromatic rings. The van der Waals surface area contributed by atoms with E-state index < -0.39 is 0 Å². The summed E-state index contributed by atoms with van der Waals surface area (Å²) in [5.74, 6) is 0.197. The van der Waals surface area contributed by atoms with E-state index in [9.17, 15) is 9.59 Å². The van der Waals surface area contributed by atoms with Gasteiger partial charge in [-0.15, -0.1) is 0 Å². The topological polar surface area (TPSA) is 80.6 Å². The van der Waals surface area contributed by atoms with Gasteiger partial charge >= 0.3 is 0 Å². The van der Waals surface area contributed by atoms with E-state index in [2.05, 4.69) is 10.1 Å². The molecule has 1 aromatic carbocycles. The molecule has 2 aliphatic rings. The van der Waals surface area contributed by atoms with Crippen molar-refractivity contribution in [1.82, 2.24) is 24.6 Å². The van der Waals surface area contributed by atoms with Gasteiger partial charge in [0.2, 0.25) is 5.91 Å². The van der Waals surface area contributed by atoms with Gasteiger partial charge < -0.3 is 14.5 Å². The number of para-hydroxylation sites is 1. The molecular formula is C21H27N5O3. The first-order valence-electron chi connectivity index (χ1n) is 10.1. The lowest BCUT2D eigenvalue weighted by Gasteiger charge is -2.48. The molecule has 2 saturated heterocycles. The summed E-state index contributed by atoms with van der Waals surface area (Å²) in [6, 6.07) is 7.49. The third-order valence-corrected chi connectivity index (χ3v) is 6.06. The van der Waals surface area contributed by atoms with Crippen LogP contribution in [0.1, 0.15) is 36.0 Å². The number of hydrogen-bond acceptors (Lipinski definition) is 5. The minimum atomic E-state index is -0.0300. The van der Waals surface area contributed by atoms with E-state index in [4.69, 9.17) is 4.74 Å². The number of piperidine rings is 2. The van der Waals surface area contributed by atoms with Crippen LogP contribution in [0.3, 0.4) is 0 Å². The quantitative estimate of drug-likeness (QED) is 0.768. The van der Waals surface area contributed by atoms with E-state index in [0.717, 1.165) is 31.5 Å². The van der Waals surface area contributed by atoms with E-state index in [1.807, 2.05) is 34.1 Å². The second-order valence-electron chi connectivity index (χ2n) is 8.00. The van der Waals surface area contributed by atoms with Crippen LogP contribution in [0.25, 0.3) is 5.69 Å². The minimum Gasteiger partial charge on any atom is -0.383 e. The number of nitrogens with zero attached hydrogens (tertiary/aromatic N) is 5. The number of likely N-dealkylation sites (tertiary alicyclic amines) is 2. The van der Waals surface area contributed by atoms with Gasteiger partial charge in [-0.2, -0.15) is 5.10 Å². The van der Waals surface area contributed by atoms with E-state index in [0.29, 0.717) is 38.2 Å². The van der Waals surface area contributed by atoms with Crippen molar-refractivity contribution in [2.45, 2.75) is 25.7 Å². The first-order chi connectivity index (χ1) is 14.1. The van der Waals surface area contributed by atoms with Crippen molar-refractivity contribution in [3.8, 4) is 5.69 Å². The van der Waals surface area contributed by atoms with E-state index in [-0.39, 0.29) is 17.2 Å². The number of methoxy groups -OCH3 is 1. The van der Waals surface area contributed by atoms with Crippen LogP contribution in [0, 0.1) is 5.41 Å². The summed E-state index contributed by atoms with van der Waals surface area (Å²) >= 11 is 0. The third-order valence-electron chi connectivity index (χ3n) is 6.06. The fourth-order valence-corrected chi connectivity index (χ4v) is 4.58. The third kappa shape index (κ3) is 4.03. The van der Waals surface area contributed by atoms with Crippen LogP contribution < -0.4 is 0 Å². The monoisotopic (exact) mass is 397 g/mol. The molecule has 0 aliphatic carbocycles. The number of ether oxygens (including phenoxy) is 1. The largest absolute Gasteiger partial charge is 0.383 e. The Morgan fingerprint density at radius 3 is 2.90 bits per heavy atom. The molecular weight excluding hydrogens is 370 g/mol. The number of benzene rings is 1. The van der Waals surface area contributed by atoms with E-state index in [1.165, 1.54) is 6.33 Å². The molecule has 0 radical (unpaired) electrons. The smallest absolute Gasteiger partial charge is 0.256 e. The molecule has 8 heteroatoms. The molecule has 29 heavy (non-hydrogen) atoms. The summed E-state index contributed by atoms with van der Waals surface area (Å²) in [7, 11) is 1.65. The van der Waals surface area contributed by atoms with Crippen molar-refractivity contribution >= 4 is 11.8 Å². The summed E-state index contributed by atoms with van der Waals surface area (Å²) in [6.45, 7) is 3.26.